The second-order valence-electron chi connectivity index (χ2n) is 7.16. The van der Waals surface area contributed by atoms with Gasteiger partial charge >= 0.3 is 0 Å². The summed E-state index contributed by atoms with van der Waals surface area (Å²) in [6, 6.07) is 4.28. The Kier molecular flexibility index (Phi) is 8.63. The smallest absolute Gasteiger partial charge is 0.233 e. The maximum absolute atomic E-state index is 13.4. The molecule has 1 amide bonds. The van der Waals surface area contributed by atoms with E-state index >= 15 is 0 Å². The number of benzene rings is 1. The summed E-state index contributed by atoms with van der Waals surface area (Å²) < 4.78 is 26.5. The monoisotopic (exact) mass is 395 g/mol. The third-order valence-corrected chi connectivity index (χ3v) is 4.95. The molecule has 1 heterocycles. The fraction of sp³-hybridized carbons (Fsp3) is 0.600. The third-order valence-electron chi connectivity index (χ3n) is 4.95. The highest BCUT2D eigenvalue weighted by Crippen LogP contribution is 2.18. The molecule has 2 rings (SSSR count). The fourth-order valence-electron chi connectivity index (χ4n) is 3.18. The van der Waals surface area contributed by atoms with E-state index < -0.39 is 11.6 Å². The van der Waals surface area contributed by atoms with E-state index in [1.165, 1.54) is 6.07 Å². The molecule has 156 valence electrons. The summed E-state index contributed by atoms with van der Waals surface area (Å²) in [4.78, 5) is 18.3. The zero-order valence-electron chi connectivity index (χ0n) is 16.9. The van der Waals surface area contributed by atoms with E-state index in [1.54, 1.807) is 13.1 Å². The predicted molar refractivity (Wildman–Crippen MR) is 107 cm³/mol. The summed E-state index contributed by atoms with van der Waals surface area (Å²) in [7, 11) is 1.65. The standard InChI is InChI=1S/C20H31F2N5O/c1-4-24-20(25-12-14(2)15-5-6-17(21)18(22)11-15)26-16-7-9-27(10-8-16)13-19(28)23-3/h5-6,11,14,16H,4,7-10,12-13H2,1-3H3,(H,23,28)(H2,24,25,26). The SMILES string of the molecule is CCNC(=NCC(C)c1ccc(F)c(F)c1)NC1CCN(CC(=O)NC)CC1. The number of carbonyl (C=O) groups excluding carboxylic acids is 1. The van der Waals surface area contributed by atoms with Gasteiger partial charge in [0.1, 0.15) is 0 Å². The molecule has 6 nitrogen and oxygen atoms in total. The topological polar surface area (TPSA) is 68.8 Å². The molecule has 0 radical (unpaired) electrons. The Morgan fingerprint density at radius 3 is 2.61 bits per heavy atom. The van der Waals surface area contributed by atoms with Crippen LogP contribution in [-0.2, 0) is 4.79 Å². The zero-order valence-corrected chi connectivity index (χ0v) is 16.9. The van der Waals surface area contributed by atoms with Crippen LogP contribution in [0.25, 0.3) is 0 Å². The van der Waals surface area contributed by atoms with Gasteiger partial charge in [0.25, 0.3) is 0 Å². The summed E-state index contributed by atoms with van der Waals surface area (Å²) in [6.45, 7) is 7.30. The van der Waals surface area contributed by atoms with Crippen molar-refractivity contribution in [2.24, 2.45) is 4.99 Å². The number of hydrogen-bond acceptors (Lipinski definition) is 3. The second kappa shape index (κ2) is 10.9. The van der Waals surface area contributed by atoms with Crippen LogP contribution in [0.1, 0.15) is 38.2 Å². The van der Waals surface area contributed by atoms with Crippen LogP contribution in [0.2, 0.25) is 0 Å². The van der Waals surface area contributed by atoms with Gasteiger partial charge in [-0.2, -0.15) is 0 Å². The highest BCUT2D eigenvalue weighted by Gasteiger charge is 2.21. The van der Waals surface area contributed by atoms with Gasteiger partial charge < -0.3 is 16.0 Å². The largest absolute Gasteiger partial charge is 0.358 e. The number of aliphatic imine (C=N–C) groups is 1. The molecular formula is C20H31F2N5O. The lowest BCUT2D eigenvalue weighted by Crippen LogP contribution is -2.50. The molecule has 1 aliphatic heterocycles. The van der Waals surface area contributed by atoms with Crippen LogP contribution in [0.5, 0.6) is 0 Å². The first-order valence-electron chi connectivity index (χ1n) is 9.85. The molecular weight excluding hydrogens is 364 g/mol. The van der Waals surface area contributed by atoms with Crippen LogP contribution >= 0.6 is 0 Å². The van der Waals surface area contributed by atoms with Crippen LogP contribution in [0.15, 0.2) is 23.2 Å². The first-order valence-corrected chi connectivity index (χ1v) is 9.85. The summed E-state index contributed by atoms with van der Waals surface area (Å²) >= 11 is 0. The normalized spacial score (nSPS) is 17.2. The van der Waals surface area contributed by atoms with Crippen molar-refractivity contribution >= 4 is 11.9 Å². The van der Waals surface area contributed by atoms with Crippen LogP contribution in [0.4, 0.5) is 8.78 Å². The van der Waals surface area contributed by atoms with Crippen molar-refractivity contribution in [3.8, 4) is 0 Å². The fourth-order valence-corrected chi connectivity index (χ4v) is 3.18. The Morgan fingerprint density at radius 2 is 2.00 bits per heavy atom. The van der Waals surface area contributed by atoms with E-state index in [0.29, 0.717) is 13.1 Å². The number of halogens is 2. The van der Waals surface area contributed by atoms with Gasteiger partial charge in [-0.3, -0.25) is 14.7 Å². The molecule has 1 unspecified atom stereocenters. The number of likely N-dealkylation sites (N-methyl/N-ethyl adjacent to an activating group) is 1. The molecule has 28 heavy (non-hydrogen) atoms. The summed E-state index contributed by atoms with van der Waals surface area (Å²) in [5, 5.41) is 9.34. The number of nitrogens with zero attached hydrogens (tertiary/aromatic N) is 2. The van der Waals surface area contributed by atoms with E-state index in [2.05, 4.69) is 25.8 Å². The van der Waals surface area contributed by atoms with Crippen molar-refractivity contribution < 1.29 is 13.6 Å². The zero-order chi connectivity index (χ0) is 20.5. The average molecular weight is 395 g/mol. The Balaban J connectivity index is 1.88. The van der Waals surface area contributed by atoms with Crippen LogP contribution in [0.3, 0.4) is 0 Å². The van der Waals surface area contributed by atoms with Crippen molar-refractivity contribution in [2.75, 3.05) is 39.8 Å². The number of nitrogens with one attached hydrogen (secondary N) is 3. The Hall–Kier alpha value is -2.22. The molecule has 1 fully saturated rings. The predicted octanol–water partition coefficient (Wildman–Crippen LogP) is 1.83. The van der Waals surface area contributed by atoms with Crippen LogP contribution in [-0.4, -0.2) is 62.6 Å². The molecule has 1 saturated heterocycles. The van der Waals surface area contributed by atoms with Crippen molar-refractivity contribution in [3.05, 3.63) is 35.4 Å². The van der Waals surface area contributed by atoms with Crippen molar-refractivity contribution in [3.63, 3.8) is 0 Å². The number of piperidine rings is 1. The number of guanidine groups is 1. The summed E-state index contributed by atoms with van der Waals surface area (Å²) in [5.74, 6) is -0.937. The maximum Gasteiger partial charge on any atom is 0.233 e. The molecule has 0 spiro atoms. The Labute approximate surface area is 165 Å². The highest BCUT2D eigenvalue weighted by molar-refractivity contribution is 5.80. The Morgan fingerprint density at radius 1 is 1.29 bits per heavy atom. The number of hydrogen-bond donors (Lipinski definition) is 3. The lowest BCUT2D eigenvalue weighted by atomic mass is 10.0. The van der Waals surface area contributed by atoms with Crippen molar-refractivity contribution in [2.45, 2.75) is 38.6 Å². The van der Waals surface area contributed by atoms with Gasteiger partial charge in [-0.1, -0.05) is 13.0 Å². The number of amides is 1. The lowest BCUT2D eigenvalue weighted by molar-refractivity contribution is -0.122. The van der Waals surface area contributed by atoms with E-state index in [0.717, 1.165) is 50.1 Å². The quantitative estimate of drug-likeness (QED) is 0.487. The molecule has 1 atom stereocenters. The minimum atomic E-state index is -0.836. The lowest BCUT2D eigenvalue weighted by Gasteiger charge is -2.32. The first-order chi connectivity index (χ1) is 13.4. The third kappa shape index (κ3) is 6.74. The molecule has 0 aromatic heterocycles. The molecule has 0 aliphatic carbocycles. The van der Waals surface area contributed by atoms with Gasteiger partial charge in [-0.05, 0) is 37.5 Å². The van der Waals surface area contributed by atoms with Gasteiger partial charge in [0.2, 0.25) is 5.91 Å². The second-order valence-corrected chi connectivity index (χ2v) is 7.16. The molecule has 1 aliphatic rings. The van der Waals surface area contributed by atoms with E-state index in [9.17, 15) is 13.6 Å². The van der Waals surface area contributed by atoms with Crippen molar-refractivity contribution in [1.29, 1.82) is 0 Å². The Bertz CT molecular complexity index is 675. The van der Waals surface area contributed by atoms with Gasteiger partial charge in [0, 0.05) is 45.2 Å². The van der Waals surface area contributed by atoms with Gasteiger partial charge in [-0.25, -0.2) is 8.78 Å². The van der Waals surface area contributed by atoms with E-state index in [4.69, 9.17) is 0 Å². The molecule has 8 heteroatoms. The first kappa shape index (κ1) is 22.1. The summed E-state index contributed by atoms with van der Waals surface area (Å²) in [6.07, 6.45) is 1.86. The van der Waals surface area contributed by atoms with E-state index in [1.807, 2.05) is 13.8 Å². The highest BCUT2D eigenvalue weighted by atomic mass is 19.2. The van der Waals surface area contributed by atoms with Crippen LogP contribution < -0.4 is 16.0 Å². The van der Waals surface area contributed by atoms with Gasteiger partial charge in [0.05, 0.1) is 6.54 Å². The maximum atomic E-state index is 13.4. The van der Waals surface area contributed by atoms with Crippen molar-refractivity contribution in [1.82, 2.24) is 20.9 Å². The van der Waals surface area contributed by atoms with Crippen LogP contribution in [0, 0.1) is 11.6 Å². The minimum Gasteiger partial charge on any atom is -0.358 e. The van der Waals surface area contributed by atoms with Gasteiger partial charge in [-0.15, -0.1) is 0 Å². The minimum absolute atomic E-state index is 0.0278. The average Bonchev–Trinajstić information content (AvgIpc) is 2.69. The molecule has 3 N–H and O–H groups in total. The molecule has 0 bridgehead atoms. The number of carbonyl (C=O) groups is 1. The number of rotatable bonds is 7. The molecule has 1 aromatic carbocycles. The number of likely N-dealkylation sites (tertiary alicyclic amines) is 1. The molecule has 1 aromatic rings. The van der Waals surface area contributed by atoms with Gasteiger partial charge in [0.15, 0.2) is 17.6 Å². The molecule has 0 saturated carbocycles. The van der Waals surface area contributed by atoms with E-state index in [-0.39, 0.29) is 17.9 Å². The summed E-state index contributed by atoms with van der Waals surface area (Å²) in [5.41, 5.74) is 0.723.